The molecule has 1 aliphatic carbocycles. The normalized spacial score (nSPS) is 27.4. The fourth-order valence-electron chi connectivity index (χ4n) is 2.50. The topological polar surface area (TPSA) is 73.1 Å². The van der Waals surface area contributed by atoms with Gasteiger partial charge in [0.25, 0.3) is 5.91 Å². The molecular weight excluding hydrogens is 208 g/mol. The quantitative estimate of drug-likeness (QED) is 0.697. The molecule has 0 saturated heterocycles. The van der Waals surface area contributed by atoms with E-state index in [1.165, 1.54) is 12.8 Å². The van der Waals surface area contributed by atoms with Crippen molar-refractivity contribution in [1.82, 2.24) is 4.90 Å². The van der Waals surface area contributed by atoms with Crippen molar-refractivity contribution in [3.8, 4) is 0 Å². The third-order valence-electron chi connectivity index (χ3n) is 3.32. The van der Waals surface area contributed by atoms with E-state index in [2.05, 4.69) is 4.99 Å². The number of nitrogens with zero attached hydrogens (tertiary/aromatic N) is 2. The minimum Gasteiger partial charge on any atom is -0.395 e. The third-order valence-corrected chi connectivity index (χ3v) is 3.32. The molecule has 1 fully saturated rings. The summed E-state index contributed by atoms with van der Waals surface area (Å²) < 4.78 is 0. The zero-order chi connectivity index (χ0) is 11.5. The summed E-state index contributed by atoms with van der Waals surface area (Å²) in [7, 11) is 0. The van der Waals surface area contributed by atoms with Crippen LogP contribution < -0.4 is 0 Å². The predicted octanol–water partition coefficient (Wildman–Crippen LogP) is -0.230. The highest BCUT2D eigenvalue weighted by Crippen LogP contribution is 2.28. The first-order valence-corrected chi connectivity index (χ1v) is 5.88. The van der Waals surface area contributed by atoms with Crippen LogP contribution in [0, 0.1) is 5.92 Å². The second kappa shape index (κ2) is 4.93. The van der Waals surface area contributed by atoms with Gasteiger partial charge >= 0.3 is 0 Å². The van der Waals surface area contributed by atoms with Crippen LogP contribution in [0.1, 0.15) is 25.7 Å². The van der Waals surface area contributed by atoms with Gasteiger partial charge in [-0.1, -0.05) is 12.8 Å². The molecule has 1 aliphatic heterocycles. The third kappa shape index (κ3) is 2.25. The highest BCUT2D eigenvalue weighted by Gasteiger charge is 2.32. The standard InChI is InChI=1S/C11H18N2O3/c14-6-5-13-7-9(15)11(16)12-10(13)8-3-1-2-4-8/h8-9,14-15H,1-7H2. The van der Waals surface area contributed by atoms with Crippen molar-refractivity contribution in [3.63, 3.8) is 0 Å². The number of amides is 1. The van der Waals surface area contributed by atoms with Crippen LogP contribution in [-0.4, -0.2) is 52.7 Å². The van der Waals surface area contributed by atoms with Crippen molar-refractivity contribution < 1.29 is 15.0 Å². The fraction of sp³-hybridized carbons (Fsp3) is 0.818. The molecule has 2 rings (SSSR count). The van der Waals surface area contributed by atoms with Crippen LogP contribution in [0.3, 0.4) is 0 Å². The van der Waals surface area contributed by atoms with Crippen LogP contribution in [0.5, 0.6) is 0 Å². The number of rotatable bonds is 3. The molecule has 0 radical (unpaired) electrons. The van der Waals surface area contributed by atoms with E-state index < -0.39 is 12.0 Å². The van der Waals surface area contributed by atoms with E-state index in [4.69, 9.17) is 5.11 Å². The molecule has 1 heterocycles. The number of aliphatic imine (C=N–C) groups is 1. The van der Waals surface area contributed by atoms with Gasteiger partial charge in [0.1, 0.15) is 5.84 Å². The summed E-state index contributed by atoms with van der Waals surface area (Å²) in [5.41, 5.74) is 0. The van der Waals surface area contributed by atoms with Crippen LogP contribution in [0.15, 0.2) is 4.99 Å². The Balaban J connectivity index is 2.15. The van der Waals surface area contributed by atoms with Crippen molar-refractivity contribution in [2.24, 2.45) is 10.9 Å². The van der Waals surface area contributed by atoms with Crippen molar-refractivity contribution in [1.29, 1.82) is 0 Å². The van der Waals surface area contributed by atoms with Crippen LogP contribution in [0.25, 0.3) is 0 Å². The summed E-state index contributed by atoms with van der Waals surface area (Å²) in [5, 5.41) is 18.4. The maximum absolute atomic E-state index is 11.4. The van der Waals surface area contributed by atoms with Gasteiger partial charge in [-0.3, -0.25) is 4.79 Å². The van der Waals surface area contributed by atoms with Gasteiger partial charge in [0.15, 0.2) is 6.10 Å². The predicted molar refractivity (Wildman–Crippen MR) is 59.1 cm³/mol. The van der Waals surface area contributed by atoms with Crippen LogP contribution in [-0.2, 0) is 4.79 Å². The average Bonchev–Trinajstić information content (AvgIpc) is 2.76. The van der Waals surface area contributed by atoms with Gasteiger partial charge < -0.3 is 15.1 Å². The second-order valence-corrected chi connectivity index (χ2v) is 4.48. The number of aliphatic hydroxyl groups excluding tert-OH is 2. The first-order chi connectivity index (χ1) is 7.72. The summed E-state index contributed by atoms with van der Waals surface area (Å²) >= 11 is 0. The number of hydrogen-bond acceptors (Lipinski definition) is 4. The molecule has 1 unspecified atom stereocenters. The number of hydrogen-bond donors (Lipinski definition) is 2. The van der Waals surface area contributed by atoms with Crippen LogP contribution >= 0.6 is 0 Å². The summed E-state index contributed by atoms with van der Waals surface area (Å²) in [6.45, 7) is 0.737. The monoisotopic (exact) mass is 226 g/mol. The molecule has 1 amide bonds. The Labute approximate surface area is 94.8 Å². The van der Waals surface area contributed by atoms with Crippen molar-refractivity contribution in [3.05, 3.63) is 0 Å². The van der Waals surface area contributed by atoms with Gasteiger partial charge in [0.05, 0.1) is 13.2 Å². The summed E-state index contributed by atoms with van der Waals surface area (Å²) in [4.78, 5) is 17.2. The minimum atomic E-state index is -1.03. The molecule has 90 valence electrons. The molecule has 16 heavy (non-hydrogen) atoms. The molecule has 0 aromatic carbocycles. The lowest BCUT2D eigenvalue weighted by Gasteiger charge is -2.33. The molecule has 0 spiro atoms. The molecule has 1 atom stereocenters. The van der Waals surface area contributed by atoms with E-state index in [-0.39, 0.29) is 13.2 Å². The Morgan fingerprint density at radius 3 is 2.69 bits per heavy atom. The summed E-state index contributed by atoms with van der Waals surface area (Å²) in [5.74, 6) is 0.681. The number of β-amino-alcohol motifs (C(OH)–C–C–N with tert-alkyl or cyclic N) is 2. The lowest BCUT2D eigenvalue weighted by Crippen LogP contribution is -2.48. The zero-order valence-corrected chi connectivity index (χ0v) is 9.30. The summed E-state index contributed by atoms with van der Waals surface area (Å²) in [6.07, 6.45) is 3.44. The number of carbonyl (C=O) groups is 1. The smallest absolute Gasteiger partial charge is 0.278 e. The van der Waals surface area contributed by atoms with E-state index in [1.54, 1.807) is 0 Å². The first-order valence-electron chi connectivity index (χ1n) is 5.88. The molecule has 5 heteroatoms. The maximum atomic E-state index is 11.4. The van der Waals surface area contributed by atoms with Gasteiger partial charge in [-0.25, -0.2) is 0 Å². The van der Waals surface area contributed by atoms with Crippen molar-refractivity contribution >= 4 is 11.7 Å². The second-order valence-electron chi connectivity index (χ2n) is 4.48. The van der Waals surface area contributed by atoms with Crippen molar-refractivity contribution in [2.45, 2.75) is 31.8 Å². The SMILES string of the molecule is O=C1N=C(C2CCCC2)N(CCO)CC1O. The minimum absolute atomic E-state index is 0.0205. The Morgan fingerprint density at radius 1 is 1.38 bits per heavy atom. The zero-order valence-electron chi connectivity index (χ0n) is 9.30. The molecular formula is C11H18N2O3. The van der Waals surface area contributed by atoms with Gasteiger partial charge in [0.2, 0.25) is 0 Å². The summed E-state index contributed by atoms with van der Waals surface area (Å²) in [6, 6.07) is 0. The lowest BCUT2D eigenvalue weighted by molar-refractivity contribution is -0.127. The lowest BCUT2D eigenvalue weighted by atomic mass is 10.0. The number of amidine groups is 1. The number of carbonyl (C=O) groups excluding carboxylic acids is 1. The highest BCUT2D eigenvalue weighted by molar-refractivity contribution is 5.99. The van der Waals surface area contributed by atoms with E-state index >= 15 is 0 Å². The molecule has 1 saturated carbocycles. The highest BCUT2D eigenvalue weighted by atomic mass is 16.3. The van der Waals surface area contributed by atoms with Gasteiger partial charge in [-0.15, -0.1) is 0 Å². The maximum Gasteiger partial charge on any atom is 0.278 e. The van der Waals surface area contributed by atoms with E-state index in [0.29, 0.717) is 12.5 Å². The average molecular weight is 226 g/mol. The fourth-order valence-corrected chi connectivity index (χ4v) is 2.50. The Morgan fingerprint density at radius 2 is 2.06 bits per heavy atom. The van der Waals surface area contributed by atoms with E-state index in [0.717, 1.165) is 18.7 Å². The van der Waals surface area contributed by atoms with Gasteiger partial charge in [-0.2, -0.15) is 4.99 Å². The largest absolute Gasteiger partial charge is 0.395 e. The van der Waals surface area contributed by atoms with Crippen molar-refractivity contribution in [2.75, 3.05) is 19.7 Å². The molecule has 0 aromatic rings. The molecule has 2 aliphatic rings. The molecule has 0 aromatic heterocycles. The van der Waals surface area contributed by atoms with Crippen LogP contribution in [0.4, 0.5) is 0 Å². The van der Waals surface area contributed by atoms with Crippen LogP contribution in [0.2, 0.25) is 0 Å². The Bertz CT molecular complexity index is 298. The molecule has 5 nitrogen and oxygen atoms in total. The first kappa shape index (κ1) is 11.5. The Hall–Kier alpha value is -0.940. The Kier molecular flexibility index (Phi) is 3.56. The molecule has 0 bridgehead atoms. The number of aliphatic hydroxyl groups is 2. The van der Waals surface area contributed by atoms with Gasteiger partial charge in [0, 0.05) is 12.5 Å². The van der Waals surface area contributed by atoms with E-state index in [1.807, 2.05) is 4.90 Å². The molecule has 2 N–H and O–H groups in total. The van der Waals surface area contributed by atoms with Gasteiger partial charge in [-0.05, 0) is 12.8 Å². The van der Waals surface area contributed by atoms with E-state index in [9.17, 15) is 9.90 Å².